The van der Waals surface area contributed by atoms with Gasteiger partial charge >= 0.3 is 0 Å². The van der Waals surface area contributed by atoms with E-state index >= 15 is 0 Å². The van der Waals surface area contributed by atoms with Gasteiger partial charge in [0.2, 0.25) is 0 Å². The molecule has 2 heterocycles. The largest absolute Gasteiger partial charge is 0.346 e. The molecule has 4 rings (SSSR count). The summed E-state index contributed by atoms with van der Waals surface area (Å²) >= 11 is 7.91. The van der Waals surface area contributed by atoms with Gasteiger partial charge in [-0.25, -0.2) is 4.98 Å². The van der Waals surface area contributed by atoms with E-state index in [2.05, 4.69) is 34.4 Å². The van der Waals surface area contributed by atoms with Crippen LogP contribution in [0.4, 0.5) is 5.13 Å². The number of benzene rings is 1. The minimum Gasteiger partial charge on any atom is -0.346 e. The van der Waals surface area contributed by atoms with Crippen molar-refractivity contribution in [3.8, 4) is 0 Å². The molecule has 0 N–H and O–H groups in total. The number of hydrogen-bond acceptors (Lipinski definition) is 4. The van der Waals surface area contributed by atoms with Gasteiger partial charge in [-0.05, 0) is 37.6 Å². The van der Waals surface area contributed by atoms with Crippen molar-refractivity contribution >= 4 is 28.1 Å². The van der Waals surface area contributed by atoms with Gasteiger partial charge in [0.15, 0.2) is 5.13 Å². The maximum atomic E-state index is 6.10. The van der Waals surface area contributed by atoms with Gasteiger partial charge < -0.3 is 9.80 Å². The molecule has 26 heavy (non-hydrogen) atoms. The summed E-state index contributed by atoms with van der Waals surface area (Å²) in [6.45, 7) is 8.41. The molecule has 0 radical (unpaired) electrons. The van der Waals surface area contributed by atoms with Gasteiger partial charge in [0.1, 0.15) is 0 Å². The van der Waals surface area contributed by atoms with Crippen molar-refractivity contribution in [3.05, 3.63) is 45.9 Å². The first-order valence-electron chi connectivity index (χ1n) is 9.83. The Bertz CT molecular complexity index is 684. The van der Waals surface area contributed by atoms with Crippen molar-refractivity contribution in [1.29, 1.82) is 0 Å². The molecule has 0 amide bonds. The molecule has 1 aliphatic carbocycles. The number of halogens is 1. The van der Waals surface area contributed by atoms with Crippen LogP contribution in [0.15, 0.2) is 29.6 Å². The van der Waals surface area contributed by atoms with Crippen molar-refractivity contribution in [2.24, 2.45) is 0 Å². The van der Waals surface area contributed by atoms with E-state index in [-0.39, 0.29) is 5.41 Å². The first kappa shape index (κ1) is 19.7. The van der Waals surface area contributed by atoms with Gasteiger partial charge in [-0.15, -0.1) is 11.3 Å². The number of likely N-dealkylation sites (N-methyl/N-ethyl adjacent to an activating group) is 1. The van der Waals surface area contributed by atoms with Crippen LogP contribution in [0, 0.1) is 0 Å². The molecule has 1 aromatic carbocycles. The molecule has 0 atom stereocenters. The second kappa shape index (κ2) is 8.73. The predicted octanol–water partition coefficient (Wildman–Crippen LogP) is 5.43. The average molecular weight is 392 g/mol. The van der Waals surface area contributed by atoms with E-state index in [0.29, 0.717) is 0 Å². The zero-order valence-electron chi connectivity index (χ0n) is 16.2. The molecule has 2 aliphatic rings. The van der Waals surface area contributed by atoms with Crippen molar-refractivity contribution in [2.75, 3.05) is 38.1 Å². The lowest BCUT2D eigenvalue weighted by Crippen LogP contribution is -2.44. The molecule has 2 aromatic rings. The van der Waals surface area contributed by atoms with Crippen LogP contribution in [0.5, 0.6) is 0 Å². The summed E-state index contributed by atoms with van der Waals surface area (Å²) in [6.07, 6.45) is 4.95. The van der Waals surface area contributed by atoms with Gasteiger partial charge in [-0.1, -0.05) is 50.4 Å². The summed E-state index contributed by atoms with van der Waals surface area (Å²) in [6, 6.07) is 8.43. The van der Waals surface area contributed by atoms with E-state index < -0.39 is 0 Å². The number of hydrogen-bond donors (Lipinski definition) is 0. The quantitative estimate of drug-likeness (QED) is 0.694. The molecule has 1 aliphatic heterocycles. The van der Waals surface area contributed by atoms with Crippen LogP contribution in [0.1, 0.15) is 50.8 Å². The van der Waals surface area contributed by atoms with E-state index in [1.807, 2.05) is 37.3 Å². The van der Waals surface area contributed by atoms with Crippen LogP contribution in [0.25, 0.3) is 0 Å². The van der Waals surface area contributed by atoms with Crippen molar-refractivity contribution in [3.63, 3.8) is 0 Å². The van der Waals surface area contributed by atoms with Gasteiger partial charge in [-0.2, -0.15) is 0 Å². The lowest BCUT2D eigenvalue weighted by molar-refractivity contribution is 0.312. The molecule has 2 fully saturated rings. The number of thiazole rings is 1. The highest BCUT2D eigenvalue weighted by Gasteiger charge is 2.39. The molecule has 142 valence electrons. The summed E-state index contributed by atoms with van der Waals surface area (Å²) in [5.74, 6) is 0. The van der Waals surface area contributed by atoms with E-state index in [0.717, 1.165) is 31.2 Å². The molecule has 1 aromatic heterocycles. The monoisotopic (exact) mass is 391 g/mol. The minimum absolute atomic E-state index is 0.0892. The zero-order chi connectivity index (χ0) is 18.6. The maximum absolute atomic E-state index is 6.10. The molecule has 0 unspecified atom stereocenters. The number of piperazine rings is 1. The van der Waals surface area contributed by atoms with E-state index in [1.54, 1.807) is 0 Å². The van der Waals surface area contributed by atoms with Crippen molar-refractivity contribution < 1.29 is 0 Å². The summed E-state index contributed by atoms with van der Waals surface area (Å²) < 4.78 is 0. The fourth-order valence-electron chi connectivity index (χ4n) is 4.07. The van der Waals surface area contributed by atoms with E-state index in [4.69, 9.17) is 16.6 Å². The summed E-state index contributed by atoms with van der Waals surface area (Å²) in [4.78, 5) is 9.93. The number of anilines is 1. The molecule has 1 saturated heterocycles. The minimum atomic E-state index is 0.0892. The molecule has 0 spiro atoms. The van der Waals surface area contributed by atoms with Crippen LogP contribution in [-0.2, 0) is 5.41 Å². The van der Waals surface area contributed by atoms with Crippen LogP contribution >= 0.6 is 22.9 Å². The van der Waals surface area contributed by atoms with Crippen LogP contribution < -0.4 is 4.90 Å². The first-order chi connectivity index (χ1) is 12.7. The third kappa shape index (κ3) is 3.92. The van der Waals surface area contributed by atoms with Crippen LogP contribution in [-0.4, -0.2) is 43.1 Å². The second-order valence-corrected chi connectivity index (χ2v) is 8.37. The van der Waals surface area contributed by atoms with Gasteiger partial charge in [0.05, 0.1) is 5.69 Å². The second-order valence-electron chi connectivity index (χ2n) is 7.10. The van der Waals surface area contributed by atoms with E-state index in [9.17, 15) is 0 Å². The average Bonchev–Trinajstić information content (AvgIpc) is 3.35. The molecule has 1 saturated carbocycles. The Labute approximate surface area is 167 Å². The highest BCUT2D eigenvalue weighted by Crippen LogP contribution is 2.47. The maximum Gasteiger partial charge on any atom is 0.185 e. The third-order valence-electron chi connectivity index (χ3n) is 5.61. The topological polar surface area (TPSA) is 19.4 Å². The van der Waals surface area contributed by atoms with Gasteiger partial charge in [0, 0.05) is 42.0 Å². The molecular weight excluding hydrogens is 362 g/mol. The Morgan fingerprint density at radius 3 is 2.23 bits per heavy atom. The Balaban J connectivity index is 0.000000948. The fraction of sp³-hybridized carbons (Fsp3) is 0.571. The van der Waals surface area contributed by atoms with Crippen molar-refractivity contribution in [2.45, 2.75) is 44.9 Å². The highest BCUT2D eigenvalue weighted by atomic mass is 35.5. The Morgan fingerprint density at radius 2 is 1.62 bits per heavy atom. The normalized spacial score (nSPS) is 19.9. The molecule has 5 heteroatoms. The predicted molar refractivity (Wildman–Crippen MR) is 114 cm³/mol. The van der Waals surface area contributed by atoms with Crippen LogP contribution in [0.2, 0.25) is 5.02 Å². The molecule has 0 bridgehead atoms. The van der Waals surface area contributed by atoms with E-state index in [1.165, 1.54) is 42.1 Å². The number of rotatable bonds is 3. The van der Waals surface area contributed by atoms with Gasteiger partial charge in [-0.3, -0.25) is 0 Å². The fourth-order valence-corrected chi connectivity index (χ4v) is 5.17. The summed E-state index contributed by atoms with van der Waals surface area (Å²) in [7, 11) is 2.19. The smallest absolute Gasteiger partial charge is 0.185 e. The lowest BCUT2D eigenvalue weighted by Gasteiger charge is -2.32. The lowest BCUT2D eigenvalue weighted by atomic mass is 9.76. The summed E-state index contributed by atoms with van der Waals surface area (Å²) in [5, 5.41) is 4.30. The number of aromatic nitrogens is 1. The Kier molecular flexibility index (Phi) is 6.60. The standard InChI is InChI=1S/C19H24ClN3S.C2H6/c1-22-10-12-23(13-11-22)18-21-17(14-24-18)19(8-2-3-9-19)15-4-6-16(20)7-5-15;1-2/h4-7,14H,2-3,8-13H2,1H3;1-2H3. The summed E-state index contributed by atoms with van der Waals surface area (Å²) in [5.41, 5.74) is 2.73. The van der Waals surface area contributed by atoms with Gasteiger partial charge in [0.25, 0.3) is 0 Å². The SMILES string of the molecule is CC.CN1CCN(c2nc(C3(c4ccc(Cl)cc4)CCCC3)cs2)CC1. The Morgan fingerprint density at radius 1 is 1.00 bits per heavy atom. The highest BCUT2D eigenvalue weighted by molar-refractivity contribution is 7.13. The van der Waals surface area contributed by atoms with Crippen molar-refractivity contribution in [1.82, 2.24) is 9.88 Å². The zero-order valence-corrected chi connectivity index (χ0v) is 17.7. The first-order valence-corrected chi connectivity index (χ1v) is 11.1. The Hall–Kier alpha value is -1.10. The number of nitrogens with zero attached hydrogens (tertiary/aromatic N) is 3. The molecule has 3 nitrogen and oxygen atoms in total. The third-order valence-corrected chi connectivity index (χ3v) is 6.76. The van der Waals surface area contributed by atoms with Crippen LogP contribution in [0.3, 0.4) is 0 Å². The molecular formula is C21H30ClN3S.